The van der Waals surface area contributed by atoms with E-state index in [9.17, 15) is 0 Å². The van der Waals surface area contributed by atoms with E-state index in [1.165, 1.54) is 0 Å². The highest BCUT2D eigenvalue weighted by atomic mass is 35.5. The summed E-state index contributed by atoms with van der Waals surface area (Å²) in [7, 11) is 1.62. The van der Waals surface area contributed by atoms with Crippen LogP contribution in [0.5, 0.6) is 17.2 Å². The Hall–Kier alpha value is -2.93. The molecule has 0 bridgehead atoms. The van der Waals surface area contributed by atoms with Crippen molar-refractivity contribution in [3.8, 4) is 28.6 Å². The quantitative estimate of drug-likeness (QED) is 0.729. The molecule has 0 spiro atoms. The predicted octanol–water partition coefficient (Wildman–Crippen LogP) is 3.78. The highest BCUT2D eigenvalue weighted by Gasteiger charge is 2.16. The molecular weight excluding hydrogens is 358 g/mol. The third-order valence-corrected chi connectivity index (χ3v) is 4.19. The lowest BCUT2D eigenvalue weighted by Crippen LogP contribution is -2.15. The van der Waals surface area contributed by atoms with Gasteiger partial charge in [0.25, 0.3) is 0 Å². The smallest absolute Gasteiger partial charge is 0.246 e. The van der Waals surface area contributed by atoms with E-state index in [0.29, 0.717) is 53.7 Å². The SMILES string of the molecule is COc1ccc(-c2noc(CNc3cc4c(cc3Cl)OCCO4)n2)cc1. The first-order valence-corrected chi connectivity index (χ1v) is 8.41. The number of benzene rings is 2. The number of ether oxygens (including phenoxy) is 3. The third-order valence-electron chi connectivity index (χ3n) is 3.88. The van der Waals surface area contributed by atoms with Gasteiger partial charge < -0.3 is 24.1 Å². The van der Waals surface area contributed by atoms with Crippen LogP contribution < -0.4 is 19.5 Å². The Morgan fingerprint density at radius 2 is 1.85 bits per heavy atom. The molecule has 1 N–H and O–H groups in total. The molecule has 8 heteroatoms. The first kappa shape index (κ1) is 16.5. The highest BCUT2D eigenvalue weighted by Crippen LogP contribution is 2.38. The molecule has 0 unspecified atom stereocenters. The Morgan fingerprint density at radius 1 is 1.12 bits per heavy atom. The fraction of sp³-hybridized carbons (Fsp3) is 0.222. The Labute approximate surface area is 154 Å². The standard InChI is InChI=1S/C18H16ClN3O4/c1-23-12-4-2-11(3-5-12)18-21-17(26-22-18)10-20-14-9-16-15(8-13(14)19)24-6-7-25-16/h2-5,8-9,20H,6-7,10H2,1H3. The van der Waals surface area contributed by atoms with Crippen LogP contribution in [0.4, 0.5) is 5.69 Å². The van der Waals surface area contributed by atoms with Gasteiger partial charge in [0, 0.05) is 17.7 Å². The van der Waals surface area contributed by atoms with Crippen LogP contribution in [0.1, 0.15) is 5.89 Å². The number of methoxy groups -OCH3 is 1. The molecule has 0 amide bonds. The van der Waals surface area contributed by atoms with Crippen LogP contribution in [0, 0.1) is 0 Å². The molecule has 3 aromatic rings. The van der Waals surface area contributed by atoms with Gasteiger partial charge in [-0.3, -0.25) is 0 Å². The lowest BCUT2D eigenvalue weighted by Gasteiger charge is -2.20. The van der Waals surface area contributed by atoms with Crippen molar-refractivity contribution in [3.05, 3.63) is 47.3 Å². The van der Waals surface area contributed by atoms with Crippen molar-refractivity contribution < 1.29 is 18.7 Å². The van der Waals surface area contributed by atoms with Crippen LogP contribution in [-0.2, 0) is 6.54 Å². The van der Waals surface area contributed by atoms with Gasteiger partial charge in [0.15, 0.2) is 11.5 Å². The first-order valence-electron chi connectivity index (χ1n) is 8.03. The van der Waals surface area contributed by atoms with Crippen LogP contribution in [0.3, 0.4) is 0 Å². The minimum Gasteiger partial charge on any atom is -0.497 e. The van der Waals surface area contributed by atoms with Crippen molar-refractivity contribution in [1.82, 2.24) is 10.1 Å². The van der Waals surface area contributed by atoms with Crippen LogP contribution in [0.15, 0.2) is 40.9 Å². The molecule has 0 radical (unpaired) electrons. The van der Waals surface area contributed by atoms with E-state index in [4.69, 9.17) is 30.3 Å². The first-order chi connectivity index (χ1) is 12.7. The molecule has 0 saturated heterocycles. The highest BCUT2D eigenvalue weighted by molar-refractivity contribution is 6.33. The summed E-state index contributed by atoms with van der Waals surface area (Å²) >= 11 is 6.28. The number of nitrogens with one attached hydrogen (secondary N) is 1. The van der Waals surface area contributed by atoms with Crippen LogP contribution >= 0.6 is 11.6 Å². The maximum Gasteiger partial charge on any atom is 0.246 e. The lowest BCUT2D eigenvalue weighted by atomic mass is 10.2. The lowest BCUT2D eigenvalue weighted by molar-refractivity contribution is 0.171. The molecule has 0 atom stereocenters. The zero-order chi connectivity index (χ0) is 17.9. The van der Waals surface area contributed by atoms with Crippen LogP contribution in [-0.4, -0.2) is 30.5 Å². The number of hydrogen-bond donors (Lipinski definition) is 1. The van der Waals surface area contributed by atoms with Crippen LogP contribution in [0.25, 0.3) is 11.4 Å². The van der Waals surface area contributed by atoms with Gasteiger partial charge in [-0.1, -0.05) is 16.8 Å². The van der Waals surface area contributed by atoms with Crippen LogP contribution in [0.2, 0.25) is 5.02 Å². The molecule has 1 aromatic heterocycles. The van der Waals surface area contributed by atoms with E-state index >= 15 is 0 Å². The molecule has 0 fully saturated rings. The van der Waals surface area contributed by atoms with Crippen molar-refractivity contribution in [1.29, 1.82) is 0 Å². The second kappa shape index (κ2) is 7.13. The zero-order valence-electron chi connectivity index (χ0n) is 14.0. The summed E-state index contributed by atoms with van der Waals surface area (Å²) in [6, 6.07) is 11.0. The van der Waals surface area contributed by atoms with E-state index in [1.54, 1.807) is 19.2 Å². The molecule has 1 aliphatic rings. The van der Waals surface area contributed by atoms with Gasteiger partial charge in [-0.15, -0.1) is 0 Å². The fourth-order valence-corrected chi connectivity index (χ4v) is 2.77. The van der Waals surface area contributed by atoms with E-state index in [1.807, 2.05) is 24.3 Å². The van der Waals surface area contributed by atoms with Crippen molar-refractivity contribution >= 4 is 17.3 Å². The molecule has 26 heavy (non-hydrogen) atoms. The number of hydrogen-bond acceptors (Lipinski definition) is 7. The van der Waals surface area contributed by atoms with E-state index in [0.717, 1.165) is 11.3 Å². The van der Waals surface area contributed by atoms with Crippen molar-refractivity contribution in [2.24, 2.45) is 0 Å². The van der Waals surface area contributed by atoms with Gasteiger partial charge in [0.2, 0.25) is 11.7 Å². The van der Waals surface area contributed by atoms with Crippen molar-refractivity contribution in [2.45, 2.75) is 6.54 Å². The second-order valence-electron chi connectivity index (χ2n) is 5.57. The molecule has 0 aliphatic carbocycles. The van der Waals surface area contributed by atoms with Gasteiger partial charge >= 0.3 is 0 Å². The van der Waals surface area contributed by atoms with Gasteiger partial charge in [-0.25, -0.2) is 0 Å². The van der Waals surface area contributed by atoms with E-state index < -0.39 is 0 Å². The molecule has 7 nitrogen and oxygen atoms in total. The van der Waals surface area contributed by atoms with Gasteiger partial charge in [-0.05, 0) is 24.3 Å². The Balaban J connectivity index is 1.46. The van der Waals surface area contributed by atoms with Gasteiger partial charge in [0.05, 0.1) is 24.4 Å². The Morgan fingerprint density at radius 3 is 2.58 bits per heavy atom. The summed E-state index contributed by atoms with van der Waals surface area (Å²) in [4.78, 5) is 4.39. The number of fused-ring (bicyclic) bond motifs is 1. The molecule has 0 saturated carbocycles. The van der Waals surface area contributed by atoms with Gasteiger partial charge in [-0.2, -0.15) is 4.98 Å². The second-order valence-corrected chi connectivity index (χ2v) is 5.98. The molecule has 134 valence electrons. The topological polar surface area (TPSA) is 78.6 Å². The Kier molecular flexibility index (Phi) is 4.53. The normalized spacial score (nSPS) is 12.7. The molecule has 2 aromatic carbocycles. The van der Waals surface area contributed by atoms with Crippen molar-refractivity contribution in [3.63, 3.8) is 0 Å². The summed E-state index contributed by atoms with van der Waals surface area (Å²) < 4.78 is 21.5. The summed E-state index contributed by atoms with van der Waals surface area (Å²) in [5.41, 5.74) is 1.55. The average molecular weight is 374 g/mol. The largest absolute Gasteiger partial charge is 0.497 e. The Bertz CT molecular complexity index is 911. The van der Waals surface area contributed by atoms with E-state index in [2.05, 4.69) is 15.5 Å². The molecule has 4 rings (SSSR count). The third kappa shape index (κ3) is 3.39. The zero-order valence-corrected chi connectivity index (χ0v) is 14.7. The average Bonchev–Trinajstić information content (AvgIpc) is 3.15. The summed E-state index contributed by atoms with van der Waals surface area (Å²) in [5.74, 6) is 3.03. The fourth-order valence-electron chi connectivity index (χ4n) is 2.55. The summed E-state index contributed by atoms with van der Waals surface area (Å²) in [6.45, 7) is 1.37. The number of anilines is 1. The number of rotatable bonds is 5. The maximum absolute atomic E-state index is 6.28. The summed E-state index contributed by atoms with van der Waals surface area (Å²) in [6.07, 6.45) is 0. The summed E-state index contributed by atoms with van der Waals surface area (Å²) in [5, 5.41) is 7.71. The predicted molar refractivity (Wildman–Crippen MR) is 96.1 cm³/mol. The number of aromatic nitrogens is 2. The maximum atomic E-state index is 6.28. The number of nitrogens with zero attached hydrogens (tertiary/aromatic N) is 2. The molecule has 2 heterocycles. The molecule has 1 aliphatic heterocycles. The van der Waals surface area contributed by atoms with E-state index in [-0.39, 0.29) is 0 Å². The van der Waals surface area contributed by atoms with Crippen molar-refractivity contribution in [2.75, 3.05) is 25.6 Å². The minimum atomic E-state index is 0.336. The minimum absolute atomic E-state index is 0.336. The number of halogens is 1. The molecular formula is C18H16ClN3O4. The van der Waals surface area contributed by atoms with Gasteiger partial charge in [0.1, 0.15) is 19.0 Å². The monoisotopic (exact) mass is 373 g/mol.